The molecule has 276 valence electrons. The highest BCUT2D eigenvalue weighted by Crippen LogP contribution is 2.56. The highest BCUT2D eigenvalue weighted by molar-refractivity contribution is 6.18. The molecule has 9 aromatic carbocycles. The number of aromatic nitrogens is 1. The molecule has 11 rings (SSSR count). The Morgan fingerprint density at radius 2 is 0.983 bits per heavy atom. The van der Waals surface area contributed by atoms with Gasteiger partial charge in [-0.3, -0.25) is 0 Å². The summed E-state index contributed by atoms with van der Waals surface area (Å²) >= 11 is 0. The lowest BCUT2D eigenvalue weighted by Gasteiger charge is -2.32. The van der Waals surface area contributed by atoms with Crippen molar-refractivity contribution >= 4 is 66.7 Å². The van der Waals surface area contributed by atoms with E-state index in [1.807, 2.05) is 0 Å². The molecule has 0 aliphatic heterocycles. The van der Waals surface area contributed by atoms with Gasteiger partial charge >= 0.3 is 0 Å². The molecule has 58 heavy (non-hydrogen) atoms. The second kappa shape index (κ2) is 13.4. The van der Waals surface area contributed by atoms with Crippen molar-refractivity contribution in [2.75, 3.05) is 9.80 Å². The molecule has 0 amide bonds. The molecule has 0 saturated heterocycles. The molecule has 3 heteroatoms. The van der Waals surface area contributed by atoms with Crippen molar-refractivity contribution in [3.63, 3.8) is 0 Å². The summed E-state index contributed by atoms with van der Waals surface area (Å²) in [6, 6.07) is 77.5. The van der Waals surface area contributed by atoms with Crippen LogP contribution in [0.2, 0.25) is 0 Å². The van der Waals surface area contributed by atoms with E-state index >= 15 is 0 Å². The molecule has 1 aromatic heterocycles. The van der Waals surface area contributed by atoms with E-state index in [2.05, 4.69) is 241 Å². The number of hydrogen-bond acceptors (Lipinski definition) is 2. The molecule has 0 atom stereocenters. The Bertz CT molecular complexity index is 3100. The van der Waals surface area contributed by atoms with Gasteiger partial charge in [-0.15, -0.1) is 0 Å². The van der Waals surface area contributed by atoms with Gasteiger partial charge in [-0.25, -0.2) is 0 Å². The monoisotopic (exact) mass is 743 g/mol. The van der Waals surface area contributed by atoms with Gasteiger partial charge in [0.1, 0.15) is 0 Å². The van der Waals surface area contributed by atoms with Gasteiger partial charge in [0.2, 0.25) is 0 Å². The average molecular weight is 744 g/mol. The van der Waals surface area contributed by atoms with Crippen molar-refractivity contribution in [1.29, 1.82) is 0 Å². The fourth-order valence-electron chi connectivity index (χ4n) is 9.47. The molecule has 1 aliphatic rings. The van der Waals surface area contributed by atoms with E-state index in [0.717, 1.165) is 50.8 Å². The molecule has 0 saturated carbocycles. The van der Waals surface area contributed by atoms with Crippen LogP contribution in [0.4, 0.5) is 34.1 Å². The van der Waals surface area contributed by atoms with E-state index in [1.165, 1.54) is 43.8 Å². The minimum absolute atomic E-state index is 0.148. The third-order valence-electron chi connectivity index (χ3n) is 12.1. The van der Waals surface area contributed by atoms with Crippen molar-refractivity contribution < 1.29 is 0 Å². The van der Waals surface area contributed by atoms with E-state index in [1.54, 1.807) is 0 Å². The lowest BCUT2D eigenvalue weighted by molar-refractivity contribution is 0.660. The van der Waals surface area contributed by atoms with Crippen LogP contribution in [0.3, 0.4) is 0 Å². The van der Waals surface area contributed by atoms with Gasteiger partial charge in [-0.05, 0) is 100 Å². The number of para-hydroxylation sites is 4. The number of anilines is 6. The molecule has 0 spiro atoms. The van der Waals surface area contributed by atoms with E-state index in [4.69, 9.17) is 0 Å². The minimum atomic E-state index is -0.148. The van der Waals surface area contributed by atoms with E-state index in [-0.39, 0.29) is 5.41 Å². The van der Waals surface area contributed by atoms with Gasteiger partial charge in [-0.1, -0.05) is 153 Å². The van der Waals surface area contributed by atoms with Crippen LogP contribution in [-0.2, 0) is 5.41 Å². The molecule has 10 aromatic rings. The summed E-state index contributed by atoms with van der Waals surface area (Å²) < 4.78 is 2.47. The topological polar surface area (TPSA) is 11.4 Å². The van der Waals surface area contributed by atoms with E-state index in [9.17, 15) is 0 Å². The van der Waals surface area contributed by atoms with Crippen LogP contribution in [0.5, 0.6) is 0 Å². The van der Waals surface area contributed by atoms with E-state index in [0.29, 0.717) is 0 Å². The Morgan fingerprint density at radius 3 is 1.71 bits per heavy atom. The molecule has 0 unspecified atom stereocenters. The normalized spacial score (nSPS) is 12.8. The van der Waals surface area contributed by atoms with Crippen molar-refractivity contribution in [3.8, 4) is 16.8 Å². The zero-order valence-electron chi connectivity index (χ0n) is 32.5. The quantitative estimate of drug-likeness (QED) is 0.161. The van der Waals surface area contributed by atoms with Crippen molar-refractivity contribution in [2.24, 2.45) is 0 Å². The molecule has 0 radical (unpaired) electrons. The summed E-state index contributed by atoms with van der Waals surface area (Å²) in [5, 5.41) is 4.83. The summed E-state index contributed by atoms with van der Waals surface area (Å²) in [7, 11) is 0. The number of benzene rings is 9. The van der Waals surface area contributed by atoms with Gasteiger partial charge in [0.05, 0.1) is 28.1 Å². The smallest absolute Gasteiger partial charge is 0.0583 e. The standard InChI is InChI=1S/C55H41N3/c1-55(2)47-29-16-14-27-45(47)53-48(55)30-18-32-50(53)57(42-25-10-5-11-26-42)51-36-44(56(40-21-6-3-7-22-40)41-23-8-4-9-24-41)37-52-54(51)46-28-15-17-31-49(46)58(52)43-34-33-38-19-12-13-20-39(38)35-43/h3-37H,1-2H3. The summed E-state index contributed by atoms with van der Waals surface area (Å²) in [4.78, 5) is 4.91. The molecule has 1 aliphatic carbocycles. The number of nitrogens with zero attached hydrogens (tertiary/aromatic N) is 3. The average Bonchev–Trinajstić information content (AvgIpc) is 3.73. The third kappa shape index (κ3) is 5.28. The molecule has 0 fully saturated rings. The highest BCUT2D eigenvalue weighted by Gasteiger charge is 2.38. The van der Waals surface area contributed by atoms with Crippen LogP contribution >= 0.6 is 0 Å². The van der Waals surface area contributed by atoms with Crippen LogP contribution < -0.4 is 9.80 Å². The maximum absolute atomic E-state index is 2.52. The molecule has 0 bridgehead atoms. The summed E-state index contributed by atoms with van der Waals surface area (Å²) in [6.45, 7) is 4.73. The predicted octanol–water partition coefficient (Wildman–Crippen LogP) is 15.2. The molecular formula is C55H41N3. The Kier molecular flexibility index (Phi) is 7.84. The maximum Gasteiger partial charge on any atom is 0.0583 e. The van der Waals surface area contributed by atoms with Crippen LogP contribution in [0, 0.1) is 0 Å². The number of hydrogen-bond donors (Lipinski definition) is 0. The zero-order chi connectivity index (χ0) is 38.8. The Hall–Kier alpha value is -7.36. The molecule has 1 heterocycles. The summed E-state index contributed by atoms with van der Waals surface area (Å²) in [5.74, 6) is 0. The SMILES string of the molecule is CC1(C)c2ccccc2-c2c(N(c3ccccc3)c3cc(N(c4ccccc4)c4ccccc4)cc4c3c3ccccc3n4-c3ccc4ccccc4c3)cccc21. The van der Waals surface area contributed by atoms with Crippen molar-refractivity contribution in [2.45, 2.75) is 19.3 Å². The van der Waals surface area contributed by atoms with Crippen molar-refractivity contribution in [3.05, 3.63) is 223 Å². The number of rotatable bonds is 7. The van der Waals surface area contributed by atoms with E-state index < -0.39 is 0 Å². The first-order valence-electron chi connectivity index (χ1n) is 20.1. The first-order valence-corrected chi connectivity index (χ1v) is 20.1. The van der Waals surface area contributed by atoms with Crippen LogP contribution in [-0.4, -0.2) is 4.57 Å². The molecular weight excluding hydrogens is 703 g/mol. The Morgan fingerprint density at radius 1 is 0.397 bits per heavy atom. The fraction of sp³-hybridized carbons (Fsp3) is 0.0545. The third-order valence-corrected chi connectivity index (χ3v) is 12.1. The lowest BCUT2D eigenvalue weighted by Crippen LogP contribution is -2.16. The second-order valence-corrected chi connectivity index (χ2v) is 15.8. The predicted molar refractivity (Wildman–Crippen MR) is 245 cm³/mol. The minimum Gasteiger partial charge on any atom is -0.310 e. The first kappa shape index (κ1) is 33.9. The van der Waals surface area contributed by atoms with Gasteiger partial charge in [0.25, 0.3) is 0 Å². The van der Waals surface area contributed by atoms with Crippen LogP contribution in [0.1, 0.15) is 25.0 Å². The second-order valence-electron chi connectivity index (χ2n) is 15.8. The highest BCUT2D eigenvalue weighted by atomic mass is 15.2. The largest absolute Gasteiger partial charge is 0.310 e. The molecule has 3 nitrogen and oxygen atoms in total. The van der Waals surface area contributed by atoms with Crippen molar-refractivity contribution in [1.82, 2.24) is 4.57 Å². The van der Waals surface area contributed by atoms with Gasteiger partial charge in [-0.2, -0.15) is 0 Å². The fourth-order valence-corrected chi connectivity index (χ4v) is 9.47. The van der Waals surface area contributed by atoms with Gasteiger partial charge in [0.15, 0.2) is 0 Å². The zero-order valence-corrected chi connectivity index (χ0v) is 32.5. The first-order chi connectivity index (χ1) is 28.6. The van der Waals surface area contributed by atoms with Crippen LogP contribution in [0.15, 0.2) is 212 Å². The van der Waals surface area contributed by atoms with Gasteiger partial charge in [0, 0.05) is 44.5 Å². The lowest BCUT2D eigenvalue weighted by atomic mass is 9.82. The maximum atomic E-state index is 2.52. The Labute approximate surface area is 339 Å². The van der Waals surface area contributed by atoms with Crippen LogP contribution in [0.25, 0.3) is 49.4 Å². The summed E-state index contributed by atoms with van der Waals surface area (Å²) in [5.41, 5.74) is 15.2. The van der Waals surface area contributed by atoms with Gasteiger partial charge < -0.3 is 14.4 Å². The molecule has 0 N–H and O–H groups in total. The Balaban J connectivity index is 1.30. The number of fused-ring (bicyclic) bond motifs is 7. The summed E-state index contributed by atoms with van der Waals surface area (Å²) in [6.07, 6.45) is 0.